The highest BCUT2D eigenvalue weighted by Crippen LogP contribution is 2.29. The summed E-state index contributed by atoms with van der Waals surface area (Å²) in [6, 6.07) is 5.66. The molecule has 2 aliphatic rings. The van der Waals surface area contributed by atoms with Gasteiger partial charge in [0.2, 0.25) is 11.9 Å². The lowest BCUT2D eigenvalue weighted by Gasteiger charge is -2.04. The third kappa shape index (κ3) is 1.86. The maximum Gasteiger partial charge on any atom is 0.249 e. The molecule has 8 nitrogen and oxygen atoms in total. The second-order valence-corrected chi connectivity index (χ2v) is 4.83. The largest absolute Gasteiger partial charge is 0.309 e. The van der Waals surface area contributed by atoms with Gasteiger partial charge in [0, 0.05) is 12.1 Å². The van der Waals surface area contributed by atoms with Gasteiger partial charge in [-0.15, -0.1) is 5.10 Å². The summed E-state index contributed by atoms with van der Waals surface area (Å²) < 4.78 is 1.69. The van der Waals surface area contributed by atoms with Crippen molar-refractivity contribution in [3.63, 3.8) is 0 Å². The van der Waals surface area contributed by atoms with Gasteiger partial charge in [0.05, 0.1) is 11.4 Å². The third-order valence-corrected chi connectivity index (χ3v) is 3.30. The number of aromatic nitrogens is 3. The summed E-state index contributed by atoms with van der Waals surface area (Å²) >= 11 is 0. The number of amides is 1. The highest BCUT2D eigenvalue weighted by atomic mass is 16.2. The van der Waals surface area contributed by atoms with Crippen LogP contribution in [0.15, 0.2) is 24.4 Å². The molecule has 102 valence electrons. The van der Waals surface area contributed by atoms with Crippen molar-refractivity contribution in [2.24, 2.45) is 5.92 Å². The number of carbonyl (C=O) groups excluding carboxylic acids is 1. The molecule has 0 radical (unpaired) electrons. The van der Waals surface area contributed by atoms with Gasteiger partial charge < -0.3 is 10.9 Å². The Balaban J connectivity index is 1.71. The third-order valence-electron chi connectivity index (χ3n) is 3.30. The van der Waals surface area contributed by atoms with Gasteiger partial charge in [0.25, 0.3) is 0 Å². The Morgan fingerprint density at radius 2 is 2.30 bits per heavy atom. The number of hydrazine groups is 2. The molecule has 20 heavy (non-hydrogen) atoms. The van der Waals surface area contributed by atoms with Crippen LogP contribution in [0, 0.1) is 5.92 Å². The average Bonchev–Trinajstić information content (AvgIpc) is 3.00. The molecule has 3 heterocycles. The molecule has 0 atom stereocenters. The molecule has 1 aliphatic heterocycles. The number of pyridine rings is 1. The first-order valence-electron chi connectivity index (χ1n) is 6.45. The van der Waals surface area contributed by atoms with E-state index in [0.717, 1.165) is 24.2 Å². The van der Waals surface area contributed by atoms with E-state index >= 15 is 0 Å². The Labute approximate surface area is 114 Å². The highest BCUT2D eigenvalue weighted by Gasteiger charge is 2.30. The number of rotatable bonds is 3. The van der Waals surface area contributed by atoms with Gasteiger partial charge in [-0.1, -0.05) is 6.07 Å². The van der Waals surface area contributed by atoms with Gasteiger partial charge >= 0.3 is 0 Å². The van der Waals surface area contributed by atoms with Gasteiger partial charge in [-0.3, -0.25) is 10.1 Å². The van der Waals surface area contributed by atoms with Gasteiger partial charge in [-0.05, 0) is 25.0 Å². The Morgan fingerprint density at radius 3 is 3.05 bits per heavy atom. The van der Waals surface area contributed by atoms with E-state index in [1.165, 1.54) is 0 Å². The molecular weight excluding hydrogens is 258 g/mol. The van der Waals surface area contributed by atoms with E-state index in [0.29, 0.717) is 11.6 Å². The first-order valence-corrected chi connectivity index (χ1v) is 6.45. The van der Waals surface area contributed by atoms with Crippen LogP contribution in [0.3, 0.4) is 0 Å². The minimum atomic E-state index is 0.00370. The topological polar surface area (TPSA) is 95.4 Å². The van der Waals surface area contributed by atoms with E-state index in [2.05, 4.69) is 31.8 Å². The predicted molar refractivity (Wildman–Crippen MR) is 71.7 cm³/mol. The van der Waals surface area contributed by atoms with E-state index in [9.17, 15) is 4.79 Å². The molecule has 8 heteroatoms. The van der Waals surface area contributed by atoms with Gasteiger partial charge in [0.1, 0.15) is 0 Å². The molecule has 0 spiro atoms. The Kier molecular flexibility index (Phi) is 2.36. The second-order valence-electron chi connectivity index (χ2n) is 4.83. The first-order chi connectivity index (χ1) is 9.81. The summed E-state index contributed by atoms with van der Waals surface area (Å²) in [5.41, 5.74) is 11.0. The summed E-state index contributed by atoms with van der Waals surface area (Å²) in [7, 11) is 0. The average molecular weight is 271 g/mol. The van der Waals surface area contributed by atoms with Crippen molar-refractivity contribution in [2.45, 2.75) is 12.8 Å². The zero-order valence-corrected chi connectivity index (χ0v) is 10.6. The number of hydrogen-bond donors (Lipinski definition) is 4. The molecule has 1 amide bonds. The van der Waals surface area contributed by atoms with Crippen LogP contribution in [-0.2, 0) is 4.79 Å². The molecule has 4 N–H and O–H groups in total. The molecule has 0 aromatic carbocycles. The van der Waals surface area contributed by atoms with Crippen molar-refractivity contribution in [3.8, 4) is 0 Å². The van der Waals surface area contributed by atoms with Gasteiger partial charge in [0.15, 0.2) is 5.65 Å². The zero-order chi connectivity index (χ0) is 13.5. The summed E-state index contributed by atoms with van der Waals surface area (Å²) in [5.74, 6) is 0.478. The SMILES string of the molecule is O=C(Nc1nc2cccc(C3=CNNN3)n2n1)C1CC1. The van der Waals surface area contributed by atoms with Crippen molar-refractivity contribution in [2.75, 3.05) is 5.32 Å². The van der Waals surface area contributed by atoms with Crippen molar-refractivity contribution >= 4 is 23.2 Å². The van der Waals surface area contributed by atoms with Crippen LogP contribution in [0.5, 0.6) is 0 Å². The van der Waals surface area contributed by atoms with E-state index in [-0.39, 0.29) is 11.8 Å². The number of fused-ring (bicyclic) bond motifs is 1. The van der Waals surface area contributed by atoms with Crippen LogP contribution in [0.1, 0.15) is 18.5 Å². The van der Waals surface area contributed by atoms with Gasteiger partial charge in [-0.2, -0.15) is 10.5 Å². The predicted octanol–water partition coefficient (Wildman–Crippen LogP) is -0.0114. The molecular formula is C12H13N7O. The maximum absolute atomic E-state index is 11.7. The lowest BCUT2D eigenvalue weighted by Crippen LogP contribution is -2.31. The molecule has 0 bridgehead atoms. The molecule has 1 aliphatic carbocycles. The normalized spacial score (nSPS) is 17.5. The van der Waals surface area contributed by atoms with Crippen molar-refractivity contribution in [1.29, 1.82) is 0 Å². The van der Waals surface area contributed by atoms with Crippen molar-refractivity contribution in [3.05, 3.63) is 30.1 Å². The van der Waals surface area contributed by atoms with E-state index in [4.69, 9.17) is 0 Å². The lowest BCUT2D eigenvalue weighted by atomic mass is 10.3. The maximum atomic E-state index is 11.7. The molecule has 1 saturated carbocycles. The Hall–Kier alpha value is -2.61. The van der Waals surface area contributed by atoms with Crippen LogP contribution in [0.4, 0.5) is 5.95 Å². The summed E-state index contributed by atoms with van der Waals surface area (Å²) in [4.78, 5) is 16.1. The number of carbonyl (C=O) groups is 1. The molecule has 4 rings (SSSR count). The van der Waals surface area contributed by atoms with Crippen LogP contribution < -0.4 is 21.7 Å². The van der Waals surface area contributed by atoms with Crippen molar-refractivity contribution < 1.29 is 4.79 Å². The summed E-state index contributed by atoms with van der Waals surface area (Å²) in [6.07, 6.45) is 3.70. The van der Waals surface area contributed by atoms with Crippen LogP contribution in [0.25, 0.3) is 11.3 Å². The smallest absolute Gasteiger partial charge is 0.249 e. The highest BCUT2D eigenvalue weighted by molar-refractivity contribution is 5.92. The van der Waals surface area contributed by atoms with Crippen molar-refractivity contribution in [1.82, 2.24) is 31.0 Å². The fraction of sp³-hybridized carbons (Fsp3) is 0.250. The second kappa shape index (κ2) is 4.20. The monoisotopic (exact) mass is 271 g/mol. The standard InChI is InChI=1S/C12H13N7O/c20-11(7-4-5-7)15-12-14-10-3-1-2-9(19(10)17-12)8-6-13-18-16-8/h1-3,6-7,13,16,18H,4-5H2,(H,15,17,20). The first kappa shape index (κ1) is 11.2. The Morgan fingerprint density at radius 1 is 1.40 bits per heavy atom. The molecule has 2 aromatic rings. The molecule has 0 saturated heterocycles. The number of nitrogens with zero attached hydrogens (tertiary/aromatic N) is 3. The minimum absolute atomic E-state index is 0.00370. The molecule has 1 fully saturated rings. The van der Waals surface area contributed by atoms with Crippen LogP contribution in [0.2, 0.25) is 0 Å². The molecule has 0 unspecified atom stereocenters. The van der Waals surface area contributed by atoms with Crippen LogP contribution in [-0.4, -0.2) is 20.5 Å². The Bertz CT molecular complexity index is 716. The van der Waals surface area contributed by atoms with Gasteiger partial charge in [-0.25, -0.2) is 4.52 Å². The quantitative estimate of drug-likeness (QED) is 0.627. The fourth-order valence-corrected chi connectivity index (χ4v) is 2.11. The van der Waals surface area contributed by atoms with E-state index in [1.807, 2.05) is 18.2 Å². The number of anilines is 1. The van der Waals surface area contributed by atoms with E-state index in [1.54, 1.807) is 10.7 Å². The summed E-state index contributed by atoms with van der Waals surface area (Å²) in [5, 5.41) is 7.10. The molecule has 2 aromatic heterocycles. The number of hydrogen-bond acceptors (Lipinski definition) is 6. The van der Waals surface area contributed by atoms with E-state index < -0.39 is 0 Å². The zero-order valence-electron chi connectivity index (χ0n) is 10.6. The summed E-state index contributed by atoms with van der Waals surface area (Å²) in [6.45, 7) is 0. The lowest BCUT2D eigenvalue weighted by molar-refractivity contribution is -0.117. The van der Waals surface area contributed by atoms with Crippen LogP contribution >= 0.6 is 0 Å². The number of nitrogens with one attached hydrogen (secondary N) is 4. The fourth-order valence-electron chi connectivity index (χ4n) is 2.11. The minimum Gasteiger partial charge on any atom is -0.309 e.